The molecule has 0 aliphatic rings. The molecule has 0 atom stereocenters. The normalized spacial score (nSPS) is 11.3. The predicted molar refractivity (Wildman–Crippen MR) is 121 cm³/mol. The number of nitrogens with zero attached hydrogens (tertiary/aromatic N) is 4. The van der Waals surface area contributed by atoms with E-state index >= 15 is 0 Å². The Balaban J connectivity index is 1.47. The van der Waals surface area contributed by atoms with Crippen molar-refractivity contribution in [3.05, 3.63) is 73.8 Å². The third kappa shape index (κ3) is 3.75. The second-order valence-corrected chi connectivity index (χ2v) is 8.39. The number of fused-ring (bicyclic) bond motifs is 2. The fourth-order valence-corrected chi connectivity index (χ4v) is 5.22. The van der Waals surface area contributed by atoms with Gasteiger partial charge in [0.1, 0.15) is 0 Å². The van der Waals surface area contributed by atoms with Crippen LogP contribution in [-0.2, 0) is 13.1 Å². The summed E-state index contributed by atoms with van der Waals surface area (Å²) < 4.78 is 4.45. The maximum atomic E-state index is 4.79. The van der Waals surface area contributed by atoms with E-state index < -0.39 is 0 Å². The third-order valence-corrected chi connectivity index (χ3v) is 6.62. The van der Waals surface area contributed by atoms with Crippen molar-refractivity contribution < 1.29 is 0 Å². The molecule has 0 spiro atoms. The zero-order valence-electron chi connectivity index (χ0n) is 15.6. The number of benzene rings is 2. The maximum Gasteiger partial charge on any atom is 0.169 e. The summed E-state index contributed by atoms with van der Waals surface area (Å²) in [5.74, 6) is 1.92. The molecule has 0 aliphatic heterocycles. The fourth-order valence-electron chi connectivity index (χ4n) is 3.20. The fraction of sp³-hybridized carbons (Fsp3) is 0.182. The number of para-hydroxylation sites is 4. The van der Waals surface area contributed by atoms with Crippen LogP contribution in [0.4, 0.5) is 0 Å². The van der Waals surface area contributed by atoms with Gasteiger partial charge >= 0.3 is 0 Å². The van der Waals surface area contributed by atoms with E-state index in [2.05, 4.69) is 58.7 Å². The quantitative estimate of drug-likeness (QED) is 0.205. The van der Waals surface area contributed by atoms with Crippen molar-refractivity contribution in [1.29, 1.82) is 0 Å². The van der Waals surface area contributed by atoms with E-state index in [1.807, 2.05) is 24.3 Å². The van der Waals surface area contributed by atoms with Gasteiger partial charge in [0, 0.05) is 24.6 Å². The van der Waals surface area contributed by atoms with Gasteiger partial charge in [0.2, 0.25) is 0 Å². The van der Waals surface area contributed by atoms with E-state index in [0.29, 0.717) is 0 Å². The lowest BCUT2D eigenvalue weighted by Gasteiger charge is -2.07. The van der Waals surface area contributed by atoms with Gasteiger partial charge in [-0.1, -0.05) is 59.9 Å². The molecule has 2 aromatic carbocycles. The predicted octanol–water partition coefficient (Wildman–Crippen LogP) is 5.64. The number of allylic oxidation sites excluding steroid dienone is 2. The maximum absolute atomic E-state index is 4.79. The first-order valence-corrected chi connectivity index (χ1v) is 11.2. The van der Waals surface area contributed by atoms with Gasteiger partial charge in [-0.15, -0.1) is 13.2 Å². The van der Waals surface area contributed by atoms with Crippen LogP contribution >= 0.6 is 23.5 Å². The summed E-state index contributed by atoms with van der Waals surface area (Å²) in [6.07, 6.45) is 3.84. The molecule has 0 unspecified atom stereocenters. The van der Waals surface area contributed by atoms with Crippen LogP contribution in [0.3, 0.4) is 0 Å². The summed E-state index contributed by atoms with van der Waals surface area (Å²) in [4.78, 5) is 9.58. The molecule has 142 valence electrons. The summed E-state index contributed by atoms with van der Waals surface area (Å²) in [6.45, 7) is 9.31. The first-order valence-electron chi connectivity index (χ1n) is 9.19. The largest absolute Gasteiger partial charge is 0.315 e. The van der Waals surface area contributed by atoms with Gasteiger partial charge in [0.15, 0.2) is 10.3 Å². The van der Waals surface area contributed by atoms with E-state index in [1.165, 1.54) is 0 Å². The van der Waals surface area contributed by atoms with Gasteiger partial charge in [0.25, 0.3) is 0 Å². The number of hydrogen-bond acceptors (Lipinski definition) is 4. The lowest BCUT2D eigenvalue weighted by Crippen LogP contribution is -2.00. The minimum absolute atomic E-state index is 0.769. The highest BCUT2D eigenvalue weighted by Gasteiger charge is 2.12. The van der Waals surface area contributed by atoms with Gasteiger partial charge in [-0.3, -0.25) is 0 Å². The molecule has 28 heavy (non-hydrogen) atoms. The molecule has 0 amide bonds. The molecule has 4 nitrogen and oxygen atoms in total. The van der Waals surface area contributed by atoms with Crippen LogP contribution in [0.2, 0.25) is 0 Å². The Morgan fingerprint density at radius 2 is 1.14 bits per heavy atom. The molecule has 4 rings (SSSR count). The molecule has 0 N–H and O–H groups in total. The molecule has 0 saturated carbocycles. The topological polar surface area (TPSA) is 35.6 Å². The van der Waals surface area contributed by atoms with E-state index in [-0.39, 0.29) is 0 Å². The average molecular weight is 407 g/mol. The second-order valence-electron chi connectivity index (χ2n) is 6.26. The monoisotopic (exact) mass is 406 g/mol. The van der Waals surface area contributed by atoms with Crippen molar-refractivity contribution in [1.82, 2.24) is 19.1 Å². The first-order chi connectivity index (χ1) is 13.8. The first kappa shape index (κ1) is 18.9. The Morgan fingerprint density at radius 3 is 1.57 bits per heavy atom. The summed E-state index contributed by atoms with van der Waals surface area (Å²) in [6, 6.07) is 16.5. The van der Waals surface area contributed by atoms with Crippen LogP contribution in [0.15, 0.2) is 84.2 Å². The van der Waals surface area contributed by atoms with Crippen LogP contribution in [0.25, 0.3) is 22.1 Å². The van der Waals surface area contributed by atoms with Gasteiger partial charge in [-0.2, -0.15) is 0 Å². The average Bonchev–Trinajstić information content (AvgIpc) is 3.25. The lowest BCUT2D eigenvalue weighted by atomic mass is 10.3. The number of thioether (sulfide) groups is 2. The minimum Gasteiger partial charge on any atom is -0.315 e. The van der Waals surface area contributed by atoms with E-state index in [0.717, 1.165) is 57.0 Å². The van der Waals surface area contributed by atoms with Gasteiger partial charge < -0.3 is 9.13 Å². The van der Waals surface area contributed by atoms with Gasteiger partial charge in [0.05, 0.1) is 22.1 Å². The van der Waals surface area contributed by atoms with Crippen LogP contribution in [0, 0.1) is 0 Å². The molecule has 0 aliphatic carbocycles. The summed E-state index contributed by atoms with van der Waals surface area (Å²) in [5.41, 5.74) is 4.38. The number of hydrogen-bond donors (Lipinski definition) is 0. The number of aromatic nitrogens is 4. The van der Waals surface area contributed by atoms with Crippen molar-refractivity contribution in [2.45, 2.75) is 23.4 Å². The SMILES string of the molecule is C=CCn1c(SCCSc2nc3ccccc3n2CC=C)nc2ccccc21. The Hall–Kier alpha value is -2.44. The molecule has 0 saturated heterocycles. The smallest absolute Gasteiger partial charge is 0.169 e. The Bertz CT molecular complexity index is 1040. The van der Waals surface area contributed by atoms with Crippen LogP contribution < -0.4 is 0 Å². The molecule has 6 heteroatoms. The third-order valence-electron chi connectivity index (χ3n) is 4.41. The molecule has 4 aromatic rings. The highest BCUT2D eigenvalue weighted by Crippen LogP contribution is 2.28. The summed E-state index contributed by atoms with van der Waals surface area (Å²) in [7, 11) is 0. The van der Waals surface area contributed by atoms with E-state index in [9.17, 15) is 0 Å². The molecule has 0 fully saturated rings. The van der Waals surface area contributed by atoms with Crippen molar-refractivity contribution >= 4 is 45.6 Å². The van der Waals surface area contributed by atoms with Crippen LogP contribution in [-0.4, -0.2) is 30.6 Å². The van der Waals surface area contributed by atoms with E-state index in [1.54, 1.807) is 23.5 Å². The Labute approximate surface area is 173 Å². The van der Waals surface area contributed by atoms with Crippen LogP contribution in [0.5, 0.6) is 0 Å². The molecule has 0 bridgehead atoms. The molecular weight excluding hydrogens is 384 g/mol. The molecule has 0 radical (unpaired) electrons. The second kappa shape index (κ2) is 8.71. The van der Waals surface area contributed by atoms with Gasteiger partial charge in [-0.05, 0) is 24.3 Å². The molecule has 2 aromatic heterocycles. The van der Waals surface area contributed by atoms with Crippen molar-refractivity contribution in [3.63, 3.8) is 0 Å². The Kier molecular flexibility index (Phi) is 5.88. The van der Waals surface area contributed by atoms with Crippen molar-refractivity contribution in [2.75, 3.05) is 11.5 Å². The summed E-state index contributed by atoms with van der Waals surface area (Å²) >= 11 is 3.57. The summed E-state index contributed by atoms with van der Waals surface area (Å²) in [5, 5.41) is 2.09. The minimum atomic E-state index is 0.769. The van der Waals surface area contributed by atoms with Crippen LogP contribution in [0.1, 0.15) is 0 Å². The lowest BCUT2D eigenvalue weighted by molar-refractivity contribution is 0.747. The van der Waals surface area contributed by atoms with Gasteiger partial charge in [-0.25, -0.2) is 9.97 Å². The number of rotatable bonds is 9. The number of imidazole rings is 2. The highest BCUT2D eigenvalue weighted by atomic mass is 32.2. The molecular formula is C22H22N4S2. The van der Waals surface area contributed by atoms with E-state index in [4.69, 9.17) is 9.97 Å². The van der Waals surface area contributed by atoms with Crippen molar-refractivity contribution in [2.24, 2.45) is 0 Å². The highest BCUT2D eigenvalue weighted by molar-refractivity contribution is 8.02. The zero-order valence-corrected chi connectivity index (χ0v) is 17.3. The zero-order chi connectivity index (χ0) is 19.3. The Morgan fingerprint density at radius 1 is 0.714 bits per heavy atom. The molecule has 2 heterocycles. The standard InChI is InChI=1S/C22H22N4S2/c1-3-13-25-19-11-7-5-9-17(19)23-21(25)27-15-16-28-22-24-18-10-6-8-12-20(18)26(22)14-4-2/h3-12H,1-2,13-16H2. The van der Waals surface area contributed by atoms with Crippen molar-refractivity contribution in [3.8, 4) is 0 Å².